The van der Waals surface area contributed by atoms with Gasteiger partial charge in [0.05, 0.1) is 0 Å². The number of hydrogen-bond acceptors (Lipinski definition) is 4. The van der Waals surface area contributed by atoms with Crippen molar-refractivity contribution in [2.24, 2.45) is 11.8 Å². The van der Waals surface area contributed by atoms with Gasteiger partial charge >= 0.3 is 0 Å². The summed E-state index contributed by atoms with van der Waals surface area (Å²) in [6.07, 6.45) is 3.88. The predicted octanol–water partition coefficient (Wildman–Crippen LogP) is -1.81. The molecule has 1 saturated heterocycles. The van der Waals surface area contributed by atoms with Gasteiger partial charge in [-0.25, -0.2) is 4.39 Å². The zero-order valence-corrected chi connectivity index (χ0v) is 21.2. The lowest BCUT2D eigenvalue weighted by Gasteiger charge is -2.33. The molecule has 5 N–H and O–H groups in total. The van der Waals surface area contributed by atoms with Crippen LogP contribution in [-0.2, 0) is 20.9 Å². The molecule has 2 atom stereocenters. The van der Waals surface area contributed by atoms with Crippen LogP contribution >= 0.6 is 11.8 Å². The average molecular weight is 503 g/mol. The van der Waals surface area contributed by atoms with E-state index in [1.54, 1.807) is 34.9 Å². The summed E-state index contributed by atoms with van der Waals surface area (Å²) in [7, 11) is 0. The Kier molecular flexibility index (Phi) is 12.8. The summed E-state index contributed by atoms with van der Waals surface area (Å²) in [6, 6.07) is 5.31. The smallest absolute Gasteiger partial charge is 0.280 e. The summed E-state index contributed by atoms with van der Waals surface area (Å²) in [4.78, 5) is 39.8. The molecule has 0 bridgehead atoms. The first kappa shape index (κ1) is 29.2. The van der Waals surface area contributed by atoms with Crippen molar-refractivity contribution in [2.45, 2.75) is 51.7 Å². The molecular formula is C23H36ClFN4O3S. The standard InChI is InChI=1S/C23H35FN4O3S.ClH/c1-15(2)20(22(30)26-14-17-6-4-5-7-18(17)24)27-21(29)16-8-11-28(12-9-16)23(31)19(25)10-13-32-3;/h4-7,15-16,19-20H,8-14,25H2,1-3H3,(H,26,30)(H,27,29);1H/t19-,20-;/m0./s1. The number of nitrogens with one attached hydrogen (secondary N) is 2. The summed E-state index contributed by atoms with van der Waals surface area (Å²) in [5, 5.41) is 5.59. The summed E-state index contributed by atoms with van der Waals surface area (Å²) >= 11 is 1.70. The fourth-order valence-electron chi connectivity index (χ4n) is 3.74. The van der Waals surface area contributed by atoms with Gasteiger partial charge in [-0.05, 0) is 36.8 Å². The van der Waals surface area contributed by atoms with Crippen molar-refractivity contribution in [3.63, 3.8) is 0 Å². The third-order valence-electron chi connectivity index (χ3n) is 5.85. The van der Waals surface area contributed by atoms with Gasteiger partial charge in [0.1, 0.15) is 11.9 Å². The van der Waals surface area contributed by atoms with E-state index in [1.807, 2.05) is 20.1 Å². The van der Waals surface area contributed by atoms with Gasteiger partial charge in [0.15, 0.2) is 6.04 Å². The van der Waals surface area contributed by atoms with E-state index in [0.29, 0.717) is 31.5 Å². The second kappa shape index (κ2) is 14.4. The number of nitrogens with zero attached hydrogens (tertiary/aromatic N) is 1. The van der Waals surface area contributed by atoms with Crippen LogP contribution in [0.1, 0.15) is 38.7 Å². The largest absolute Gasteiger partial charge is 1.00 e. The Hall–Kier alpha value is -1.84. The highest BCUT2D eigenvalue weighted by Crippen LogP contribution is 2.19. The first-order valence-electron chi connectivity index (χ1n) is 11.2. The highest BCUT2D eigenvalue weighted by molar-refractivity contribution is 7.98. The van der Waals surface area contributed by atoms with E-state index < -0.39 is 6.04 Å². The summed E-state index contributed by atoms with van der Waals surface area (Å²) < 4.78 is 13.8. The van der Waals surface area contributed by atoms with E-state index >= 15 is 0 Å². The molecule has 33 heavy (non-hydrogen) atoms. The molecule has 1 aromatic carbocycles. The van der Waals surface area contributed by atoms with Crippen molar-refractivity contribution < 1.29 is 36.9 Å². The highest BCUT2D eigenvalue weighted by Gasteiger charge is 2.33. The molecule has 0 aliphatic carbocycles. The number of amides is 3. The van der Waals surface area contributed by atoms with Crippen molar-refractivity contribution in [3.05, 3.63) is 35.6 Å². The Bertz CT molecular complexity index is 791. The van der Waals surface area contributed by atoms with Crippen molar-refractivity contribution in [2.75, 3.05) is 25.1 Å². The number of thioether (sulfide) groups is 1. The highest BCUT2D eigenvalue weighted by atomic mass is 35.5. The Morgan fingerprint density at radius 1 is 1.21 bits per heavy atom. The minimum absolute atomic E-state index is 0. The van der Waals surface area contributed by atoms with E-state index in [9.17, 15) is 18.8 Å². The van der Waals surface area contributed by atoms with Crippen molar-refractivity contribution in [3.8, 4) is 0 Å². The molecule has 1 aliphatic rings. The molecule has 0 aromatic heterocycles. The number of halogens is 2. The third-order valence-corrected chi connectivity index (χ3v) is 6.50. The number of hydrogen-bond donors (Lipinski definition) is 3. The molecule has 1 aromatic rings. The number of quaternary nitrogens is 1. The molecule has 1 heterocycles. The molecule has 1 fully saturated rings. The van der Waals surface area contributed by atoms with Gasteiger partial charge in [0, 0.05) is 37.5 Å². The van der Waals surface area contributed by atoms with Gasteiger partial charge in [0.2, 0.25) is 11.8 Å². The molecule has 10 heteroatoms. The Morgan fingerprint density at radius 3 is 2.42 bits per heavy atom. The van der Waals surface area contributed by atoms with Crippen LogP contribution in [0, 0.1) is 17.7 Å². The number of carbonyl (C=O) groups excluding carboxylic acids is 3. The number of benzene rings is 1. The molecule has 3 amide bonds. The topological polar surface area (TPSA) is 106 Å². The van der Waals surface area contributed by atoms with Crippen molar-refractivity contribution >= 4 is 29.5 Å². The average Bonchev–Trinajstić information content (AvgIpc) is 2.79. The second-order valence-corrected chi connectivity index (χ2v) is 9.60. The van der Waals surface area contributed by atoms with Gasteiger partial charge in [-0.2, -0.15) is 11.8 Å². The molecule has 0 spiro atoms. The summed E-state index contributed by atoms with van der Waals surface area (Å²) in [5.74, 6) is -0.307. The van der Waals surface area contributed by atoms with E-state index in [1.165, 1.54) is 6.07 Å². The van der Waals surface area contributed by atoms with Gasteiger partial charge in [-0.15, -0.1) is 0 Å². The zero-order valence-electron chi connectivity index (χ0n) is 19.6. The Balaban J connectivity index is 0.00000544. The number of carbonyl (C=O) groups is 3. The Labute approximate surface area is 206 Å². The van der Waals surface area contributed by atoms with Crippen LogP contribution in [0.5, 0.6) is 0 Å². The van der Waals surface area contributed by atoms with Crippen LogP contribution in [0.2, 0.25) is 0 Å². The molecule has 1 aliphatic heterocycles. The molecule has 0 saturated carbocycles. The van der Waals surface area contributed by atoms with Crippen molar-refractivity contribution in [1.29, 1.82) is 0 Å². The fraction of sp³-hybridized carbons (Fsp3) is 0.609. The minimum Gasteiger partial charge on any atom is -1.00 e. The van der Waals surface area contributed by atoms with Crippen molar-refractivity contribution in [1.82, 2.24) is 15.5 Å². The van der Waals surface area contributed by atoms with E-state index in [-0.39, 0.29) is 60.4 Å². The minimum atomic E-state index is -0.704. The van der Waals surface area contributed by atoms with Crippen LogP contribution < -0.4 is 28.8 Å². The van der Waals surface area contributed by atoms with E-state index in [2.05, 4.69) is 16.4 Å². The molecule has 2 rings (SSSR count). The third kappa shape index (κ3) is 8.79. The van der Waals surface area contributed by atoms with Gasteiger partial charge in [-0.3, -0.25) is 14.4 Å². The van der Waals surface area contributed by atoms with Gasteiger partial charge in [-0.1, -0.05) is 32.0 Å². The summed E-state index contributed by atoms with van der Waals surface area (Å²) in [6.45, 7) is 4.83. The normalized spacial score (nSPS) is 16.0. The second-order valence-electron chi connectivity index (χ2n) is 8.62. The van der Waals surface area contributed by atoms with Crippen LogP contribution in [0.15, 0.2) is 24.3 Å². The predicted molar refractivity (Wildman–Crippen MR) is 124 cm³/mol. The van der Waals surface area contributed by atoms with E-state index in [4.69, 9.17) is 0 Å². The maximum Gasteiger partial charge on any atom is 0.280 e. The lowest BCUT2D eigenvalue weighted by atomic mass is 9.94. The fourth-order valence-corrected chi connectivity index (χ4v) is 4.26. The van der Waals surface area contributed by atoms with Crippen LogP contribution in [0.4, 0.5) is 4.39 Å². The number of rotatable bonds is 10. The van der Waals surface area contributed by atoms with Gasteiger partial charge in [0.25, 0.3) is 5.91 Å². The van der Waals surface area contributed by atoms with Crippen LogP contribution in [-0.4, -0.2) is 59.8 Å². The first-order valence-corrected chi connectivity index (χ1v) is 12.6. The molecular weight excluding hydrogens is 467 g/mol. The summed E-state index contributed by atoms with van der Waals surface area (Å²) in [5.41, 5.74) is 4.37. The lowest BCUT2D eigenvalue weighted by Crippen LogP contribution is -3.00. The Morgan fingerprint density at radius 2 is 1.85 bits per heavy atom. The van der Waals surface area contributed by atoms with Crippen LogP contribution in [0.25, 0.3) is 0 Å². The maximum absolute atomic E-state index is 13.8. The monoisotopic (exact) mass is 502 g/mol. The zero-order chi connectivity index (χ0) is 23.7. The molecule has 0 radical (unpaired) electrons. The van der Waals surface area contributed by atoms with E-state index in [0.717, 1.165) is 12.2 Å². The van der Waals surface area contributed by atoms with Gasteiger partial charge < -0.3 is 33.7 Å². The SMILES string of the molecule is CSCC[C@H]([NH3+])C(=O)N1CCC(C(=O)N[C@H](C(=O)NCc2ccccc2F)C(C)C)CC1.[Cl-]. The number of piperidine rings is 1. The van der Waals surface area contributed by atoms with Crippen LogP contribution in [0.3, 0.4) is 0 Å². The molecule has 0 unspecified atom stereocenters. The maximum atomic E-state index is 13.8. The quantitative estimate of drug-likeness (QED) is 0.350. The molecule has 7 nitrogen and oxygen atoms in total. The number of likely N-dealkylation sites (tertiary alicyclic amines) is 1. The molecule has 186 valence electrons. The first-order chi connectivity index (χ1) is 15.2. The lowest BCUT2D eigenvalue weighted by molar-refractivity contribution is -0.406.